The molecule has 1 aromatic carbocycles. The molecule has 1 aromatic rings. The Kier molecular flexibility index (Phi) is 2.28. The lowest BCUT2D eigenvalue weighted by Gasteiger charge is -2.04. The Bertz CT molecular complexity index is 298. The van der Waals surface area contributed by atoms with Crippen LogP contribution in [0.15, 0.2) is 24.3 Å². The van der Waals surface area contributed by atoms with E-state index in [2.05, 4.69) is 0 Å². The first-order chi connectivity index (χ1) is 5.63. The van der Waals surface area contributed by atoms with Crippen molar-refractivity contribution in [2.75, 3.05) is 0 Å². The Hall–Kier alpha value is -1.58. The number of carbonyl (C=O) groups is 1. The van der Waals surface area contributed by atoms with Crippen LogP contribution in [0.3, 0.4) is 0 Å². The van der Waals surface area contributed by atoms with Crippen LogP contribution in [-0.2, 0) is 4.79 Å². The first-order valence-corrected chi connectivity index (χ1v) is 3.27. The molecule has 0 saturated carbocycles. The average Bonchev–Trinajstić information content (AvgIpc) is 2.04. The summed E-state index contributed by atoms with van der Waals surface area (Å²) in [7, 11) is 0. The standard InChI is InChI=1S/C8H7FO3/c9-7(8(11)12)5-3-1-2-4-6(5)10/h1-4,7,10H,(H,11,12). The van der Waals surface area contributed by atoms with Crippen molar-refractivity contribution in [3.8, 4) is 5.75 Å². The fourth-order valence-electron chi connectivity index (χ4n) is 0.835. The molecular weight excluding hydrogens is 163 g/mol. The fourth-order valence-corrected chi connectivity index (χ4v) is 0.835. The van der Waals surface area contributed by atoms with Crippen LogP contribution < -0.4 is 0 Å². The molecule has 2 N–H and O–H groups in total. The largest absolute Gasteiger partial charge is 0.508 e. The Morgan fingerprint density at radius 1 is 1.42 bits per heavy atom. The highest BCUT2D eigenvalue weighted by molar-refractivity contribution is 5.75. The van der Waals surface area contributed by atoms with E-state index in [9.17, 15) is 9.18 Å². The summed E-state index contributed by atoms with van der Waals surface area (Å²) in [6, 6.07) is 5.43. The van der Waals surface area contributed by atoms with E-state index in [0.717, 1.165) is 0 Å². The molecule has 4 heteroatoms. The third-order valence-corrected chi connectivity index (χ3v) is 1.43. The van der Waals surface area contributed by atoms with Crippen molar-refractivity contribution < 1.29 is 19.4 Å². The monoisotopic (exact) mass is 170 g/mol. The quantitative estimate of drug-likeness (QED) is 0.706. The molecule has 3 nitrogen and oxygen atoms in total. The second-order valence-corrected chi connectivity index (χ2v) is 2.26. The molecule has 1 atom stereocenters. The number of benzene rings is 1. The average molecular weight is 170 g/mol. The lowest BCUT2D eigenvalue weighted by Crippen LogP contribution is -2.05. The number of halogens is 1. The van der Waals surface area contributed by atoms with Gasteiger partial charge in [-0.2, -0.15) is 0 Å². The highest BCUT2D eigenvalue weighted by Crippen LogP contribution is 2.26. The van der Waals surface area contributed by atoms with Crippen molar-refractivity contribution in [2.45, 2.75) is 6.17 Å². The molecule has 0 aliphatic carbocycles. The van der Waals surface area contributed by atoms with Gasteiger partial charge in [-0.3, -0.25) is 0 Å². The number of hydrogen-bond donors (Lipinski definition) is 2. The van der Waals surface area contributed by atoms with E-state index in [1.54, 1.807) is 0 Å². The molecule has 0 aliphatic rings. The number of alkyl halides is 1. The number of hydrogen-bond acceptors (Lipinski definition) is 2. The Labute approximate surface area is 68.1 Å². The summed E-state index contributed by atoms with van der Waals surface area (Å²) >= 11 is 0. The summed E-state index contributed by atoms with van der Waals surface area (Å²) in [5, 5.41) is 17.3. The third kappa shape index (κ3) is 1.53. The maximum absolute atomic E-state index is 12.8. The number of rotatable bonds is 2. The van der Waals surface area contributed by atoms with Crippen molar-refractivity contribution in [2.24, 2.45) is 0 Å². The van der Waals surface area contributed by atoms with Gasteiger partial charge in [-0.25, -0.2) is 9.18 Å². The smallest absolute Gasteiger partial charge is 0.343 e. The zero-order chi connectivity index (χ0) is 9.14. The minimum Gasteiger partial charge on any atom is -0.508 e. The molecule has 0 fully saturated rings. The summed E-state index contributed by atoms with van der Waals surface area (Å²) < 4.78 is 12.8. The molecule has 64 valence electrons. The summed E-state index contributed by atoms with van der Waals surface area (Å²) in [5.41, 5.74) is -0.218. The lowest BCUT2D eigenvalue weighted by molar-refractivity contribution is -0.143. The van der Waals surface area contributed by atoms with Gasteiger partial charge in [0.15, 0.2) is 0 Å². The van der Waals surface area contributed by atoms with Gasteiger partial charge in [-0.15, -0.1) is 0 Å². The molecule has 0 radical (unpaired) electrons. The molecule has 0 aliphatic heterocycles. The molecule has 0 bridgehead atoms. The fraction of sp³-hybridized carbons (Fsp3) is 0.125. The van der Waals surface area contributed by atoms with E-state index < -0.39 is 12.1 Å². The summed E-state index contributed by atoms with van der Waals surface area (Å²) in [6.45, 7) is 0. The van der Waals surface area contributed by atoms with E-state index in [1.807, 2.05) is 0 Å². The number of carboxylic acids is 1. The van der Waals surface area contributed by atoms with E-state index in [0.29, 0.717) is 0 Å². The van der Waals surface area contributed by atoms with Crippen LogP contribution in [-0.4, -0.2) is 16.2 Å². The second-order valence-electron chi connectivity index (χ2n) is 2.26. The van der Waals surface area contributed by atoms with E-state index >= 15 is 0 Å². The highest BCUT2D eigenvalue weighted by Gasteiger charge is 2.20. The molecule has 1 rings (SSSR count). The molecule has 1 unspecified atom stereocenters. The van der Waals surface area contributed by atoms with Crippen molar-refractivity contribution in [1.82, 2.24) is 0 Å². The molecule has 0 spiro atoms. The number of phenolic OH excluding ortho intramolecular Hbond substituents is 1. The van der Waals surface area contributed by atoms with Gasteiger partial charge >= 0.3 is 5.97 Å². The number of aliphatic carboxylic acids is 1. The maximum atomic E-state index is 12.8. The van der Waals surface area contributed by atoms with Gasteiger partial charge in [0.25, 0.3) is 0 Å². The van der Waals surface area contributed by atoms with Crippen LogP contribution in [0.25, 0.3) is 0 Å². The van der Waals surface area contributed by atoms with Crippen LogP contribution in [0, 0.1) is 0 Å². The number of carboxylic acid groups (broad SMARTS) is 1. The molecular formula is C8H7FO3. The molecule has 0 aromatic heterocycles. The van der Waals surface area contributed by atoms with Crippen LogP contribution in [0.4, 0.5) is 4.39 Å². The minimum atomic E-state index is -2.16. The van der Waals surface area contributed by atoms with Gasteiger partial charge in [0.1, 0.15) is 5.75 Å². The molecule has 0 heterocycles. The van der Waals surface area contributed by atoms with Gasteiger partial charge in [-0.1, -0.05) is 18.2 Å². The molecule has 0 saturated heterocycles. The van der Waals surface area contributed by atoms with E-state index in [4.69, 9.17) is 10.2 Å². The minimum absolute atomic E-state index is 0.218. The Morgan fingerprint density at radius 2 is 2.00 bits per heavy atom. The maximum Gasteiger partial charge on any atom is 0.343 e. The first-order valence-electron chi connectivity index (χ1n) is 3.27. The van der Waals surface area contributed by atoms with Crippen LogP contribution >= 0.6 is 0 Å². The highest BCUT2D eigenvalue weighted by atomic mass is 19.1. The topological polar surface area (TPSA) is 57.5 Å². The van der Waals surface area contributed by atoms with Gasteiger partial charge in [0, 0.05) is 5.56 Å². The van der Waals surface area contributed by atoms with Gasteiger partial charge in [-0.05, 0) is 6.07 Å². The number of phenols is 1. The predicted octanol–water partition coefficient (Wildman–Crippen LogP) is 1.49. The second kappa shape index (κ2) is 3.21. The summed E-state index contributed by atoms with van der Waals surface area (Å²) in [5.74, 6) is -1.94. The van der Waals surface area contributed by atoms with Crippen molar-refractivity contribution >= 4 is 5.97 Å². The van der Waals surface area contributed by atoms with Crippen LogP contribution in [0.2, 0.25) is 0 Å². The van der Waals surface area contributed by atoms with Crippen molar-refractivity contribution in [3.63, 3.8) is 0 Å². The Balaban J connectivity index is 3.02. The van der Waals surface area contributed by atoms with Crippen LogP contribution in [0.5, 0.6) is 5.75 Å². The summed E-state index contributed by atoms with van der Waals surface area (Å²) in [6.07, 6.45) is -2.16. The summed E-state index contributed by atoms with van der Waals surface area (Å²) in [4.78, 5) is 10.2. The zero-order valence-electron chi connectivity index (χ0n) is 6.07. The van der Waals surface area contributed by atoms with Crippen LogP contribution in [0.1, 0.15) is 11.7 Å². The first kappa shape index (κ1) is 8.52. The van der Waals surface area contributed by atoms with Gasteiger partial charge < -0.3 is 10.2 Å². The molecule has 12 heavy (non-hydrogen) atoms. The van der Waals surface area contributed by atoms with Gasteiger partial charge in [0.2, 0.25) is 6.17 Å². The van der Waals surface area contributed by atoms with Crippen molar-refractivity contribution in [1.29, 1.82) is 0 Å². The number of para-hydroxylation sites is 1. The van der Waals surface area contributed by atoms with E-state index in [-0.39, 0.29) is 11.3 Å². The third-order valence-electron chi connectivity index (χ3n) is 1.43. The van der Waals surface area contributed by atoms with E-state index in [1.165, 1.54) is 24.3 Å². The predicted molar refractivity (Wildman–Crippen MR) is 39.6 cm³/mol. The Morgan fingerprint density at radius 3 is 2.50 bits per heavy atom. The lowest BCUT2D eigenvalue weighted by atomic mass is 10.1. The van der Waals surface area contributed by atoms with Crippen molar-refractivity contribution in [3.05, 3.63) is 29.8 Å². The SMILES string of the molecule is O=C(O)C(F)c1ccccc1O. The van der Waals surface area contributed by atoms with Gasteiger partial charge in [0.05, 0.1) is 0 Å². The normalized spacial score (nSPS) is 12.4. The number of aromatic hydroxyl groups is 1. The zero-order valence-corrected chi connectivity index (χ0v) is 6.07. The molecule has 0 amide bonds.